The number of hydrogen-bond donors (Lipinski definition) is 1. The zero-order chi connectivity index (χ0) is 13.2. The number of carbonyl (C=O) groups excluding carboxylic acids is 1. The smallest absolute Gasteiger partial charge is 0.255 e. The molecule has 0 radical (unpaired) electrons. The van der Waals surface area contributed by atoms with Gasteiger partial charge in [-0.15, -0.1) is 0 Å². The number of hydrogen-bond acceptors (Lipinski definition) is 2. The predicted molar refractivity (Wildman–Crippen MR) is 75.1 cm³/mol. The molecule has 2 unspecified atom stereocenters. The number of halogens is 1. The average molecular weight is 314 g/mol. The van der Waals surface area contributed by atoms with Gasteiger partial charge in [0.05, 0.1) is 11.1 Å². The molecule has 1 aromatic heterocycles. The van der Waals surface area contributed by atoms with E-state index >= 15 is 0 Å². The third-order valence-corrected chi connectivity index (χ3v) is 4.79. The molecule has 3 nitrogen and oxygen atoms in total. The van der Waals surface area contributed by atoms with Crippen molar-refractivity contribution in [1.82, 2.24) is 5.32 Å². The first-order chi connectivity index (χ1) is 8.54. The van der Waals surface area contributed by atoms with Crippen LogP contribution in [0.3, 0.4) is 0 Å². The molecule has 1 heterocycles. The van der Waals surface area contributed by atoms with E-state index in [1.807, 2.05) is 6.92 Å². The summed E-state index contributed by atoms with van der Waals surface area (Å²) in [4.78, 5) is 12.2. The molecule has 0 spiro atoms. The topological polar surface area (TPSA) is 42.2 Å². The van der Waals surface area contributed by atoms with Crippen molar-refractivity contribution in [2.24, 2.45) is 5.92 Å². The van der Waals surface area contributed by atoms with Gasteiger partial charge in [0.2, 0.25) is 0 Å². The minimum atomic E-state index is -0.0973. The molecular formula is C14H20BrNO2. The van der Waals surface area contributed by atoms with Crippen LogP contribution in [0, 0.1) is 12.8 Å². The zero-order valence-corrected chi connectivity index (χ0v) is 12.5. The van der Waals surface area contributed by atoms with Crippen LogP contribution in [0.4, 0.5) is 0 Å². The summed E-state index contributed by atoms with van der Waals surface area (Å²) in [5.41, 5.74) is 0.519. The van der Waals surface area contributed by atoms with E-state index in [1.165, 1.54) is 19.1 Å². The Morgan fingerprint density at radius 1 is 1.67 bits per heavy atom. The average Bonchev–Trinajstić information content (AvgIpc) is 2.76. The maximum Gasteiger partial charge on any atom is 0.255 e. The number of aryl methyl sites for hydroxylation is 1. The van der Waals surface area contributed by atoms with Crippen molar-refractivity contribution in [1.29, 1.82) is 0 Å². The Hall–Kier alpha value is -0.770. The number of furan rings is 1. The lowest BCUT2D eigenvalue weighted by Crippen LogP contribution is -2.52. The number of carbonyl (C=O) groups is 1. The standard InChI is InChI=1S/C14H20BrNO2/c1-10-4-3-5-14(7-10,9-15)16-13(17)12-6-11(2)18-8-12/h6,8,10H,3-5,7,9H2,1-2H3,(H,16,17). The number of amides is 1. The summed E-state index contributed by atoms with van der Waals surface area (Å²) in [5, 5.41) is 4.01. The van der Waals surface area contributed by atoms with Crippen LogP contribution in [-0.4, -0.2) is 16.8 Å². The Morgan fingerprint density at radius 2 is 2.44 bits per heavy atom. The van der Waals surface area contributed by atoms with E-state index in [9.17, 15) is 4.79 Å². The van der Waals surface area contributed by atoms with Gasteiger partial charge in [0.25, 0.3) is 5.91 Å². The molecule has 2 atom stereocenters. The summed E-state index contributed by atoms with van der Waals surface area (Å²) < 4.78 is 5.19. The lowest BCUT2D eigenvalue weighted by atomic mass is 9.77. The molecule has 0 aliphatic heterocycles. The van der Waals surface area contributed by atoms with Gasteiger partial charge in [-0.2, -0.15) is 0 Å². The second kappa shape index (κ2) is 5.47. The third-order valence-electron chi connectivity index (χ3n) is 3.72. The summed E-state index contributed by atoms with van der Waals surface area (Å²) in [6.45, 7) is 4.10. The van der Waals surface area contributed by atoms with Gasteiger partial charge >= 0.3 is 0 Å². The number of rotatable bonds is 3. The number of nitrogens with one attached hydrogen (secondary N) is 1. The minimum absolute atomic E-state index is 0.0274. The van der Waals surface area contributed by atoms with E-state index in [4.69, 9.17) is 4.42 Å². The summed E-state index contributed by atoms with van der Waals surface area (Å²) in [6.07, 6.45) is 6.05. The highest BCUT2D eigenvalue weighted by atomic mass is 79.9. The molecule has 2 rings (SSSR count). The Kier molecular flexibility index (Phi) is 4.15. The third kappa shape index (κ3) is 2.97. The Bertz CT molecular complexity index is 429. The summed E-state index contributed by atoms with van der Waals surface area (Å²) >= 11 is 3.56. The SMILES string of the molecule is Cc1cc(C(=O)NC2(CBr)CCCC(C)C2)co1. The van der Waals surface area contributed by atoms with Gasteiger partial charge in [-0.25, -0.2) is 0 Å². The van der Waals surface area contributed by atoms with Crippen LogP contribution >= 0.6 is 15.9 Å². The van der Waals surface area contributed by atoms with Crippen LogP contribution in [0.5, 0.6) is 0 Å². The van der Waals surface area contributed by atoms with E-state index in [1.54, 1.807) is 6.07 Å². The van der Waals surface area contributed by atoms with Crippen molar-refractivity contribution in [3.05, 3.63) is 23.7 Å². The second-order valence-electron chi connectivity index (χ2n) is 5.52. The van der Waals surface area contributed by atoms with Gasteiger partial charge in [-0.3, -0.25) is 4.79 Å². The van der Waals surface area contributed by atoms with Gasteiger partial charge in [-0.05, 0) is 31.7 Å². The lowest BCUT2D eigenvalue weighted by molar-refractivity contribution is 0.0869. The van der Waals surface area contributed by atoms with Gasteiger partial charge in [-0.1, -0.05) is 35.7 Å². The van der Waals surface area contributed by atoms with Crippen LogP contribution in [0.2, 0.25) is 0 Å². The van der Waals surface area contributed by atoms with Crippen molar-refractivity contribution in [3.63, 3.8) is 0 Å². The highest BCUT2D eigenvalue weighted by Crippen LogP contribution is 2.33. The molecule has 0 aromatic carbocycles. The van der Waals surface area contributed by atoms with Crippen LogP contribution in [0.1, 0.15) is 48.7 Å². The van der Waals surface area contributed by atoms with Crippen molar-refractivity contribution in [3.8, 4) is 0 Å². The monoisotopic (exact) mass is 313 g/mol. The molecule has 100 valence electrons. The molecule has 1 saturated carbocycles. The summed E-state index contributed by atoms with van der Waals surface area (Å²) in [7, 11) is 0. The lowest BCUT2D eigenvalue weighted by Gasteiger charge is -2.39. The van der Waals surface area contributed by atoms with E-state index < -0.39 is 0 Å². The molecule has 0 bridgehead atoms. The molecule has 1 aliphatic rings. The maximum absolute atomic E-state index is 12.2. The molecule has 4 heteroatoms. The minimum Gasteiger partial charge on any atom is -0.469 e. The maximum atomic E-state index is 12.2. The van der Waals surface area contributed by atoms with E-state index in [0.717, 1.165) is 23.9 Å². The predicted octanol–water partition coefficient (Wildman–Crippen LogP) is 3.66. The Balaban J connectivity index is 2.08. The molecule has 1 amide bonds. The fourth-order valence-electron chi connectivity index (χ4n) is 2.80. The first-order valence-electron chi connectivity index (χ1n) is 6.48. The molecule has 0 saturated heterocycles. The highest BCUT2D eigenvalue weighted by molar-refractivity contribution is 9.09. The molecule has 1 N–H and O–H groups in total. The first-order valence-corrected chi connectivity index (χ1v) is 7.60. The van der Waals surface area contributed by atoms with Crippen LogP contribution in [0.15, 0.2) is 16.7 Å². The van der Waals surface area contributed by atoms with E-state index in [-0.39, 0.29) is 11.4 Å². The second-order valence-corrected chi connectivity index (χ2v) is 6.08. The molecule has 1 aromatic rings. The molecular weight excluding hydrogens is 294 g/mol. The van der Waals surface area contributed by atoms with Crippen molar-refractivity contribution in [2.75, 3.05) is 5.33 Å². The molecule has 1 aliphatic carbocycles. The first kappa shape index (κ1) is 13.7. The summed E-state index contributed by atoms with van der Waals surface area (Å²) in [5.74, 6) is 1.41. The van der Waals surface area contributed by atoms with Gasteiger partial charge in [0.15, 0.2) is 0 Å². The van der Waals surface area contributed by atoms with Crippen molar-refractivity contribution >= 4 is 21.8 Å². The molecule has 18 heavy (non-hydrogen) atoms. The van der Waals surface area contributed by atoms with Crippen LogP contribution < -0.4 is 5.32 Å². The summed E-state index contributed by atoms with van der Waals surface area (Å²) in [6, 6.07) is 1.78. The van der Waals surface area contributed by atoms with Gasteiger partial charge in [0.1, 0.15) is 12.0 Å². The Morgan fingerprint density at radius 3 is 3.00 bits per heavy atom. The van der Waals surface area contributed by atoms with Crippen LogP contribution in [-0.2, 0) is 0 Å². The normalized spacial score (nSPS) is 28.1. The van der Waals surface area contributed by atoms with Crippen molar-refractivity contribution < 1.29 is 9.21 Å². The Labute approximate surface area is 116 Å². The molecule has 1 fully saturated rings. The van der Waals surface area contributed by atoms with Crippen molar-refractivity contribution in [2.45, 2.75) is 45.1 Å². The highest BCUT2D eigenvalue weighted by Gasteiger charge is 2.35. The van der Waals surface area contributed by atoms with Gasteiger partial charge < -0.3 is 9.73 Å². The quantitative estimate of drug-likeness (QED) is 0.865. The van der Waals surface area contributed by atoms with Crippen LogP contribution in [0.25, 0.3) is 0 Å². The zero-order valence-electron chi connectivity index (χ0n) is 11.0. The number of alkyl halides is 1. The van der Waals surface area contributed by atoms with E-state index in [2.05, 4.69) is 28.2 Å². The largest absolute Gasteiger partial charge is 0.469 e. The fourth-order valence-corrected chi connectivity index (χ4v) is 3.45. The fraction of sp³-hybridized carbons (Fsp3) is 0.643. The van der Waals surface area contributed by atoms with Gasteiger partial charge in [0, 0.05) is 5.33 Å². The van der Waals surface area contributed by atoms with E-state index in [0.29, 0.717) is 11.5 Å².